The van der Waals surface area contributed by atoms with Gasteiger partial charge in [-0.3, -0.25) is 4.90 Å². The van der Waals surface area contributed by atoms with Crippen LogP contribution in [0.1, 0.15) is 42.8 Å². The van der Waals surface area contributed by atoms with E-state index in [1.165, 1.54) is 11.1 Å². The van der Waals surface area contributed by atoms with Gasteiger partial charge in [-0.05, 0) is 37.4 Å². The Kier molecular flexibility index (Phi) is 5.81. The van der Waals surface area contributed by atoms with E-state index in [-0.39, 0.29) is 6.04 Å². The molecule has 0 N–H and O–H groups in total. The third-order valence-corrected chi connectivity index (χ3v) is 5.59. The second-order valence-electron chi connectivity index (χ2n) is 7.30. The van der Waals surface area contributed by atoms with Crippen LogP contribution in [0.15, 0.2) is 47.0 Å². The molecule has 0 bridgehead atoms. The quantitative estimate of drug-likeness (QED) is 0.582. The fourth-order valence-electron chi connectivity index (χ4n) is 3.96. The minimum atomic E-state index is 0.259. The number of benzene rings is 2. The molecule has 0 radical (unpaired) electrons. The van der Waals surface area contributed by atoms with Gasteiger partial charge in [-0.25, -0.2) is 0 Å². The Morgan fingerprint density at radius 2 is 1.93 bits per heavy atom. The molecular weight excluding hydrogens is 366 g/mol. The maximum absolute atomic E-state index is 5.62. The summed E-state index contributed by atoms with van der Waals surface area (Å²) in [5, 5.41) is 4.18. The number of nitrogens with zero attached hydrogens (tertiary/aromatic N) is 3. The topological polar surface area (TPSA) is 60.6 Å². The first-order valence-electron chi connectivity index (χ1n) is 10.1. The molecule has 0 saturated carbocycles. The van der Waals surface area contributed by atoms with Crippen LogP contribution in [-0.4, -0.2) is 35.8 Å². The van der Waals surface area contributed by atoms with Crippen LogP contribution in [0.25, 0.3) is 11.4 Å². The van der Waals surface area contributed by atoms with Gasteiger partial charge in [0.1, 0.15) is 11.5 Å². The summed E-state index contributed by atoms with van der Waals surface area (Å²) in [7, 11) is 3.37. The van der Waals surface area contributed by atoms with Gasteiger partial charge in [0, 0.05) is 23.2 Å². The molecule has 0 spiro atoms. The molecule has 1 aliphatic heterocycles. The zero-order valence-electron chi connectivity index (χ0n) is 17.2. The standard InChI is InChI=1S/C23H27N3O3/c1-4-16-7-9-17(10-8-16)23-24-22(29-25-23)15-26-13-5-6-20(26)19-12-11-18(27-2)14-21(19)28-3/h7-12,14,20H,4-6,13,15H2,1-3H3. The monoisotopic (exact) mass is 393 g/mol. The highest BCUT2D eigenvalue weighted by Crippen LogP contribution is 2.39. The van der Waals surface area contributed by atoms with E-state index in [0.29, 0.717) is 18.3 Å². The summed E-state index contributed by atoms with van der Waals surface area (Å²) in [5.74, 6) is 2.92. The van der Waals surface area contributed by atoms with Gasteiger partial charge < -0.3 is 14.0 Å². The fourth-order valence-corrected chi connectivity index (χ4v) is 3.96. The second-order valence-corrected chi connectivity index (χ2v) is 7.30. The number of methoxy groups -OCH3 is 2. The van der Waals surface area contributed by atoms with E-state index in [4.69, 9.17) is 14.0 Å². The summed E-state index contributed by atoms with van der Waals surface area (Å²) < 4.78 is 16.5. The maximum atomic E-state index is 5.62. The van der Waals surface area contributed by atoms with Crippen LogP contribution in [0.4, 0.5) is 0 Å². The van der Waals surface area contributed by atoms with E-state index in [0.717, 1.165) is 42.9 Å². The van der Waals surface area contributed by atoms with Crippen molar-refractivity contribution in [3.8, 4) is 22.9 Å². The zero-order valence-corrected chi connectivity index (χ0v) is 17.2. The summed E-state index contributed by atoms with van der Waals surface area (Å²) in [5.41, 5.74) is 3.44. The summed E-state index contributed by atoms with van der Waals surface area (Å²) >= 11 is 0. The Hall–Kier alpha value is -2.86. The molecule has 3 aromatic rings. The Bertz CT molecular complexity index is 952. The molecule has 6 heteroatoms. The van der Waals surface area contributed by atoms with Crippen molar-refractivity contribution in [2.24, 2.45) is 0 Å². The molecule has 4 rings (SSSR count). The fraction of sp³-hybridized carbons (Fsp3) is 0.391. The van der Waals surface area contributed by atoms with Crippen molar-refractivity contribution in [3.05, 3.63) is 59.5 Å². The molecule has 1 saturated heterocycles. The summed E-state index contributed by atoms with van der Waals surface area (Å²) in [4.78, 5) is 7.00. The van der Waals surface area contributed by atoms with E-state index in [1.807, 2.05) is 24.3 Å². The van der Waals surface area contributed by atoms with Crippen LogP contribution < -0.4 is 9.47 Å². The van der Waals surface area contributed by atoms with Crippen molar-refractivity contribution in [2.75, 3.05) is 20.8 Å². The van der Waals surface area contributed by atoms with E-state index in [2.05, 4.69) is 40.2 Å². The van der Waals surface area contributed by atoms with Crippen LogP contribution in [0.3, 0.4) is 0 Å². The molecule has 1 unspecified atom stereocenters. The predicted molar refractivity (Wildman–Crippen MR) is 111 cm³/mol. The van der Waals surface area contributed by atoms with Gasteiger partial charge in [-0.2, -0.15) is 4.98 Å². The lowest BCUT2D eigenvalue weighted by atomic mass is 10.0. The van der Waals surface area contributed by atoms with Crippen molar-refractivity contribution >= 4 is 0 Å². The molecule has 0 aliphatic carbocycles. The third-order valence-electron chi connectivity index (χ3n) is 5.59. The average Bonchev–Trinajstić information content (AvgIpc) is 3.43. The van der Waals surface area contributed by atoms with Gasteiger partial charge in [0.25, 0.3) is 0 Å². The number of rotatable bonds is 7. The Morgan fingerprint density at radius 1 is 1.10 bits per heavy atom. The molecule has 1 aromatic heterocycles. The number of likely N-dealkylation sites (tertiary alicyclic amines) is 1. The van der Waals surface area contributed by atoms with Gasteiger partial charge in [0.2, 0.25) is 11.7 Å². The number of ether oxygens (including phenoxy) is 2. The Labute approximate surface area is 171 Å². The van der Waals surface area contributed by atoms with Crippen molar-refractivity contribution in [2.45, 2.75) is 38.8 Å². The molecule has 2 heterocycles. The van der Waals surface area contributed by atoms with E-state index >= 15 is 0 Å². The molecule has 152 valence electrons. The summed E-state index contributed by atoms with van der Waals surface area (Å²) in [6, 6.07) is 14.6. The first-order chi connectivity index (χ1) is 14.2. The SMILES string of the molecule is CCc1ccc(-c2noc(CN3CCCC3c3ccc(OC)cc3OC)n2)cc1. The van der Waals surface area contributed by atoms with Gasteiger partial charge >= 0.3 is 0 Å². The van der Waals surface area contributed by atoms with Crippen LogP contribution in [0, 0.1) is 0 Å². The number of aryl methyl sites for hydroxylation is 1. The number of hydrogen-bond donors (Lipinski definition) is 0. The lowest BCUT2D eigenvalue weighted by Crippen LogP contribution is -2.23. The summed E-state index contributed by atoms with van der Waals surface area (Å²) in [6.07, 6.45) is 3.21. The molecule has 1 atom stereocenters. The Balaban J connectivity index is 1.51. The second kappa shape index (κ2) is 8.66. The van der Waals surface area contributed by atoms with E-state index in [9.17, 15) is 0 Å². The van der Waals surface area contributed by atoms with Crippen LogP contribution in [0.2, 0.25) is 0 Å². The third kappa shape index (κ3) is 4.12. The molecule has 1 aliphatic rings. The Morgan fingerprint density at radius 3 is 2.66 bits per heavy atom. The average molecular weight is 393 g/mol. The van der Waals surface area contributed by atoms with Crippen molar-refractivity contribution in [3.63, 3.8) is 0 Å². The molecule has 29 heavy (non-hydrogen) atoms. The largest absolute Gasteiger partial charge is 0.497 e. The van der Waals surface area contributed by atoms with Crippen LogP contribution >= 0.6 is 0 Å². The minimum Gasteiger partial charge on any atom is -0.497 e. The lowest BCUT2D eigenvalue weighted by Gasteiger charge is -2.25. The van der Waals surface area contributed by atoms with E-state index < -0.39 is 0 Å². The van der Waals surface area contributed by atoms with Crippen molar-refractivity contribution in [1.82, 2.24) is 15.0 Å². The highest BCUT2D eigenvalue weighted by Gasteiger charge is 2.30. The molecule has 1 fully saturated rings. The van der Waals surface area contributed by atoms with Crippen LogP contribution in [-0.2, 0) is 13.0 Å². The highest BCUT2D eigenvalue weighted by molar-refractivity contribution is 5.54. The van der Waals surface area contributed by atoms with Gasteiger partial charge in [0.05, 0.1) is 20.8 Å². The summed E-state index contributed by atoms with van der Waals surface area (Å²) in [6.45, 7) is 3.76. The first kappa shape index (κ1) is 19.5. The number of aromatic nitrogens is 2. The highest BCUT2D eigenvalue weighted by atomic mass is 16.5. The smallest absolute Gasteiger partial charge is 0.241 e. The first-order valence-corrected chi connectivity index (χ1v) is 10.1. The predicted octanol–water partition coefficient (Wildman–Crippen LogP) is 4.65. The lowest BCUT2D eigenvalue weighted by molar-refractivity contribution is 0.209. The molecule has 6 nitrogen and oxygen atoms in total. The van der Waals surface area contributed by atoms with Crippen LogP contribution in [0.5, 0.6) is 11.5 Å². The number of hydrogen-bond acceptors (Lipinski definition) is 6. The molecule has 0 amide bonds. The molecule has 2 aromatic carbocycles. The maximum Gasteiger partial charge on any atom is 0.241 e. The van der Waals surface area contributed by atoms with Gasteiger partial charge in [0.15, 0.2) is 0 Å². The zero-order chi connectivity index (χ0) is 20.2. The molecular formula is C23H27N3O3. The van der Waals surface area contributed by atoms with Gasteiger partial charge in [-0.15, -0.1) is 0 Å². The normalized spacial score (nSPS) is 16.9. The van der Waals surface area contributed by atoms with Crippen molar-refractivity contribution in [1.29, 1.82) is 0 Å². The van der Waals surface area contributed by atoms with Crippen molar-refractivity contribution < 1.29 is 14.0 Å². The minimum absolute atomic E-state index is 0.259. The van der Waals surface area contributed by atoms with Gasteiger partial charge in [-0.1, -0.05) is 42.4 Å². The van der Waals surface area contributed by atoms with E-state index in [1.54, 1.807) is 14.2 Å².